The lowest BCUT2D eigenvalue weighted by molar-refractivity contribution is 0.238. The van der Waals surface area contributed by atoms with Gasteiger partial charge in [0.2, 0.25) is 0 Å². The number of hydrogen-bond donors (Lipinski definition) is 1. The van der Waals surface area contributed by atoms with E-state index >= 15 is 0 Å². The Balaban J connectivity index is 3.59. The lowest BCUT2D eigenvalue weighted by atomic mass is 9.94. The van der Waals surface area contributed by atoms with Gasteiger partial charge < -0.3 is 0 Å². The van der Waals surface area contributed by atoms with Crippen molar-refractivity contribution in [3.05, 3.63) is 0 Å². The molecule has 0 aliphatic carbocycles. The first-order chi connectivity index (χ1) is 8.89. The van der Waals surface area contributed by atoms with E-state index in [1.165, 1.54) is 32.1 Å². The van der Waals surface area contributed by atoms with E-state index in [-0.39, 0.29) is 6.61 Å². The third kappa shape index (κ3) is 12.6. The van der Waals surface area contributed by atoms with E-state index in [2.05, 4.69) is 25.0 Å². The van der Waals surface area contributed by atoms with Gasteiger partial charge in [-0.05, 0) is 18.3 Å². The van der Waals surface area contributed by atoms with Gasteiger partial charge in [0.25, 0.3) is 0 Å². The Hall–Kier alpha value is -0.130. The molecule has 0 aliphatic rings. The maximum absolute atomic E-state index is 10.4. The topological polar surface area (TPSA) is 63.6 Å². The van der Waals surface area contributed by atoms with Crippen LogP contribution in [0.15, 0.2) is 0 Å². The van der Waals surface area contributed by atoms with E-state index in [1.54, 1.807) is 0 Å². The van der Waals surface area contributed by atoms with Crippen LogP contribution in [0.1, 0.15) is 72.1 Å². The van der Waals surface area contributed by atoms with Crippen molar-refractivity contribution in [2.75, 3.05) is 6.61 Å². The summed E-state index contributed by atoms with van der Waals surface area (Å²) in [5.41, 5.74) is 0. The van der Waals surface area contributed by atoms with Crippen molar-refractivity contribution >= 4 is 10.4 Å². The molecule has 0 amide bonds. The molecule has 0 saturated carbocycles. The number of rotatable bonds is 12. The molecule has 0 aromatic carbocycles. The van der Waals surface area contributed by atoms with Crippen molar-refractivity contribution in [2.45, 2.75) is 72.1 Å². The molecule has 2 unspecified atom stereocenters. The molecular formula is C14H30O4S. The Morgan fingerprint density at radius 2 is 1.63 bits per heavy atom. The molecule has 0 radical (unpaired) electrons. The van der Waals surface area contributed by atoms with Crippen LogP contribution in [0.2, 0.25) is 0 Å². The Morgan fingerprint density at radius 3 is 2.16 bits per heavy atom. The smallest absolute Gasteiger partial charge is 0.264 e. The molecule has 0 spiro atoms. The molecule has 0 rings (SSSR count). The summed E-state index contributed by atoms with van der Waals surface area (Å²) in [6.07, 6.45) is 9.13. The summed E-state index contributed by atoms with van der Waals surface area (Å²) in [5, 5.41) is 0. The van der Waals surface area contributed by atoms with Gasteiger partial charge in [0.15, 0.2) is 0 Å². The van der Waals surface area contributed by atoms with Crippen LogP contribution < -0.4 is 0 Å². The van der Waals surface area contributed by atoms with Gasteiger partial charge in [-0.1, -0.05) is 65.7 Å². The van der Waals surface area contributed by atoms with Crippen LogP contribution in [0, 0.1) is 11.8 Å². The average Bonchev–Trinajstić information content (AvgIpc) is 2.34. The largest absolute Gasteiger partial charge is 0.397 e. The maximum atomic E-state index is 10.4. The van der Waals surface area contributed by atoms with E-state index in [9.17, 15) is 8.42 Å². The van der Waals surface area contributed by atoms with Gasteiger partial charge in [-0.25, -0.2) is 4.18 Å². The quantitative estimate of drug-likeness (QED) is 0.432. The van der Waals surface area contributed by atoms with E-state index in [0.717, 1.165) is 18.8 Å². The average molecular weight is 294 g/mol. The Bertz CT molecular complexity index is 301. The third-order valence-electron chi connectivity index (χ3n) is 3.84. The van der Waals surface area contributed by atoms with Crippen LogP contribution in [0.5, 0.6) is 0 Å². The number of hydrogen-bond acceptors (Lipinski definition) is 3. The van der Waals surface area contributed by atoms with Gasteiger partial charge in [0, 0.05) is 0 Å². The van der Waals surface area contributed by atoms with Crippen LogP contribution in [0.25, 0.3) is 0 Å². The Labute approximate surface area is 118 Å². The lowest BCUT2D eigenvalue weighted by Crippen LogP contribution is -2.09. The van der Waals surface area contributed by atoms with Crippen LogP contribution in [0.4, 0.5) is 0 Å². The molecule has 0 bridgehead atoms. The Morgan fingerprint density at radius 1 is 1.00 bits per heavy atom. The minimum Gasteiger partial charge on any atom is -0.264 e. The van der Waals surface area contributed by atoms with Crippen LogP contribution in [-0.4, -0.2) is 19.6 Å². The zero-order valence-corrected chi connectivity index (χ0v) is 13.4. The van der Waals surface area contributed by atoms with E-state index < -0.39 is 10.4 Å². The van der Waals surface area contributed by atoms with E-state index in [1.807, 2.05) is 0 Å². The summed E-state index contributed by atoms with van der Waals surface area (Å²) < 4.78 is 33.7. The highest BCUT2D eigenvalue weighted by molar-refractivity contribution is 7.80. The second kappa shape index (κ2) is 10.6. The van der Waals surface area contributed by atoms with Crippen molar-refractivity contribution < 1.29 is 17.2 Å². The van der Waals surface area contributed by atoms with Gasteiger partial charge in [0.05, 0.1) is 6.61 Å². The minimum absolute atomic E-state index is 0.0875. The van der Waals surface area contributed by atoms with E-state index in [4.69, 9.17) is 4.55 Å². The molecular weight excluding hydrogens is 264 g/mol. The summed E-state index contributed by atoms with van der Waals surface area (Å²) in [4.78, 5) is 0. The molecule has 0 aromatic heterocycles. The normalized spacial score (nSPS) is 15.4. The summed E-state index contributed by atoms with van der Waals surface area (Å²) in [7, 11) is -4.27. The van der Waals surface area contributed by atoms with Crippen LogP contribution >= 0.6 is 0 Å². The molecule has 1 N–H and O–H groups in total. The first kappa shape index (κ1) is 18.9. The van der Waals surface area contributed by atoms with Gasteiger partial charge in [-0.2, -0.15) is 8.42 Å². The molecule has 0 heterocycles. The summed E-state index contributed by atoms with van der Waals surface area (Å²) in [6, 6.07) is 0. The first-order valence-electron chi connectivity index (χ1n) is 7.50. The van der Waals surface area contributed by atoms with Gasteiger partial charge in [-0.15, -0.1) is 0 Å². The van der Waals surface area contributed by atoms with E-state index in [0.29, 0.717) is 12.3 Å². The fraction of sp³-hybridized carbons (Fsp3) is 1.00. The first-order valence-corrected chi connectivity index (χ1v) is 8.87. The summed E-state index contributed by atoms with van der Waals surface area (Å²) in [5.74, 6) is 1.32. The molecule has 2 atom stereocenters. The molecule has 116 valence electrons. The van der Waals surface area contributed by atoms with Crippen LogP contribution in [-0.2, 0) is 14.6 Å². The third-order valence-corrected chi connectivity index (χ3v) is 4.31. The van der Waals surface area contributed by atoms with Crippen molar-refractivity contribution in [3.63, 3.8) is 0 Å². The van der Waals surface area contributed by atoms with Gasteiger partial charge in [0.1, 0.15) is 0 Å². The zero-order chi connectivity index (χ0) is 14.7. The molecule has 0 aliphatic heterocycles. The van der Waals surface area contributed by atoms with Gasteiger partial charge in [-0.3, -0.25) is 4.55 Å². The molecule has 0 aromatic rings. The fourth-order valence-electron chi connectivity index (χ4n) is 2.18. The molecule has 5 heteroatoms. The van der Waals surface area contributed by atoms with Gasteiger partial charge >= 0.3 is 10.4 Å². The maximum Gasteiger partial charge on any atom is 0.397 e. The van der Waals surface area contributed by atoms with Crippen molar-refractivity contribution in [2.24, 2.45) is 11.8 Å². The monoisotopic (exact) mass is 294 g/mol. The van der Waals surface area contributed by atoms with Crippen molar-refractivity contribution in [1.82, 2.24) is 0 Å². The molecule has 0 saturated heterocycles. The minimum atomic E-state index is -4.27. The highest BCUT2D eigenvalue weighted by Gasteiger charge is 2.10. The zero-order valence-electron chi connectivity index (χ0n) is 12.6. The highest BCUT2D eigenvalue weighted by atomic mass is 32.3. The molecule has 19 heavy (non-hydrogen) atoms. The molecule has 0 fully saturated rings. The van der Waals surface area contributed by atoms with Crippen molar-refractivity contribution in [1.29, 1.82) is 0 Å². The molecule has 4 nitrogen and oxygen atoms in total. The summed E-state index contributed by atoms with van der Waals surface area (Å²) >= 11 is 0. The predicted molar refractivity (Wildman–Crippen MR) is 78.4 cm³/mol. The SMILES string of the molecule is CCC(C)CCCCCC(CC)CCOS(=O)(=O)O. The standard InChI is InChI=1S/C14H30O4S/c1-4-13(3)9-7-6-8-10-14(5-2)11-12-18-19(15,16)17/h13-14H,4-12H2,1-3H3,(H,15,16,17). The summed E-state index contributed by atoms with van der Waals surface area (Å²) in [6.45, 7) is 6.72. The van der Waals surface area contributed by atoms with Crippen LogP contribution in [0.3, 0.4) is 0 Å². The second-order valence-corrected chi connectivity index (χ2v) is 6.56. The lowest BCUT2D eigenvalue weighted by Gasteiger charge is -2.14. The Kier molecular flexibility index (Phi) is 10.6. The highest BCUT2D eigenvalue weighted by Crippen LogP contribution is 2.19. The van der Waals surface area contributed by atoms with Crippen molar-refractivity contribution in [3.8, 4) is 0 Å². The number of unbranched alkanes of at least 4 members (excludes halogenated alkanes) is 2. The predicted octanol–water partition coefficient (Wildman–Crippen LogP) is 4.22. The second-order valence-electron chi connectivity index (χ2n) is 5.46. The fourth-order valence-corrected chi connectivity index (χ4v) is 2.49.